The van der Waals surface area contributed by atoms with E-state index in [9.17, 15) is 9.59 Å². The maximum absolute atomic E-state index is 12.7. The molecule has 2 aromatic heterocycles. The molecule has 1 aliphatic heterocycles. The molecule has 3 rings (SSSR count). The van der Waals surface area contributed by atoms with Gasteiger partial charge < -0.3 is 4.90 Å². The van der Waals surface area contributed by atoms with Crippen molar-refractivity contribution in [3.8, 4) is 0 Å². The molecule has 3 heterocycles. The van der Waals surface area contributed by atoms with Crippen LogP contribution in [-0.4, -0.2) is 32.1 Å². The Hall–Kier alpha value is -2.02. The molecular formula is C16H20N4O2S. The van der Waals surface area contributed by atoms with Gasteiger partial charge in [0.1, 0.15) is 11.6 Å². The Labute approximate surface area is 138 Å². The lowest BCUT2D eigenvalue weighted by atomic mass is 10.0. The first kappa shape index (κ1) is 15.9. The van der Waals surface area contributed by atoms with Gasteiger partial charge in [0.05, 0.1) is 11.7 Å². The van der Waals surface area contributed by atoms with E-state index < -0.39 is 0 Å². The van der Waals surface area contributed by atoms with Gasteiger partial charge in [-0.25, -0.2) is 9.67 Å². The molecule has 0 N–H and O–H groups in total. The number of carbonyl (C=O) groups excluding carboxylic acids is 1. The summed E-state index contributed by atoms with van der Waals surface area (Å²) in [5.41, 5.74) is 1.46. The third-order valence-electron chi connectivity index (χ3n) is 4.03. The molecular weight excluding hydrogens is 312 g/mol. The van der Waals surface area contributed by atoms with Crippen LogP contribution < -0.4 is 5.56 Å². The molecule has 122 valence electrons. The molecule has 0 bridgehead atoms. The zero-order valence-corrected chi connectivity index (χ0v) is 14.2. The molecule has 1 saturated heterocycles. The van der Waals surface area contributed by atoms with E-state index in [-0.39, 0.29) is 24.1 Å². The van der Waals surface area contributed by atoms with E-state index in [2.05, 4.69) is 10.1 Å². The van der Waals surface area contributed by atoms with Gasteiger partial charge in [-0.15, -0.1) is 11.3 Å². The quantitative estimate of drug-likeness (QED) is 0.863. The number of carbonyl (C=O) groups is 1. The lowest BCUT2D eigenvalue weighted by Gasteiger charge is -2.34. The van der Waals surface area contributed by atoms with Crippen LogP contribution in [0, 0.1) is 13.8 Å². The number of nitrogens with zero attached hydrogens (tertiary/aromatic N) is 4. The molecule has 0 unspecified atom stereocenters. The first-order valence-corrected chi connectivity index (χ1v) is 8.69. The first-order valence-electron chi connectivity index (χ1n) is 7.81. The number of amides is 1. The summed E-state index contributed by atoms with van der Waals surface area (Å²) in [5, 5.41) is 7.15. The van der Waals surface area contributed by atoms with E-state index in [1.54, 1.807) is 17.4 Å². The molecule has 0 saturated carbocycles. The zero-order valence-electron chi connectivity index (χ0n) is 13.4. The molecule has 0 radical (unpaired) electrons. The van der Waals surface area contributed by atoms with E-state index in [1.807, 2.05) is 24.1 Å². The number of aromatic nitrogens is 3. The van der Waals surface area contributed by atoms with Crippen LogP contribution in [0.3, 0.4) is 0 Å². The fourth-order valence-electron chi connectivity index (χ4n) is 2.90. The number of aryl methyl sites for hydroxylation is 2. The SMILES string of the molecule is Cc1csc([C@H]2CCCCN2C(=O)Cn2nc(C)ccc2=O)n1. The fraction of sp³-hybridized carbons (Fsp3) is 0.500. The van der Waals surface area contributed by atoms with Crippen LogP contribution in [0.5, 0.6) is 0 Å². The largest absolute Gasteiger partial charge is 0.332 e. The summed E-state index contributed by atoms with van der Waals surface area (Å²) in [6, 6.07) is 3.13. The summed E-state index contributed by atoms with van der Waals surface area (Å²) < 4.78 is 1.25. The Balaban J connectivity index is 1.81. The van der Waals surface area contributed by atoms with Gasteiger partial charge in [0.2, 0.25) is 5.91 Å². The molecule has 7 heteroatoms. The Bertz CT molecular complexity index is 767. The summed E-state index contributed by atoms with van der Waals surface area (Å²) in [5.74, 6) is -0.0669. The molecule has 2 aromatic rings. The molecule has 6 nitrogen and oxygen atoms in total. The number of likely N-dealkylation sites (tertiary alicyclic amines) is 1. The van der Waals surface area contributed by atoms with Gasteiger partial charge >= 0.3 is 0 Å². The molecule has 1 atom stereocenters. The maximum Gasteiger partial charge on any atom is 0.267 e. The van der Waals surface area contributed by atoms with Crippen molar-refractivity contribution in [1.29, 1.82) is 0 Å². The highest BCUT2D eigenvalue weighted by Crippen LogP contribution is 2.32. The van der Waals surface area contributed by atoms with E-state index in [0.717, 1.165) is 35.7 Å². The van der Waals surface area contributed by atoms with Crippen LogP contribution in [0.15, 0.2) is 22.3 Å². The number of thiazole rings is 1. The minimum absolute atomic E-state index is 0.0125. The van der Waals surface area contributed by atoms with Gasteiger partial charge in [-0.2, -0.15) is 5.10 Å². The Morgan fingerprint density at radius 2 is 2.13 bits per heavy atom. The summed E-state index contributed by atoms with van der Waals surface area (Å²) in [7, 11) is 0. The van der Waals surface area contributed by atoms with Gasteiger partial charge in [-0.05, 0) is 39.2 Å². The van der Waals surface area contributed by atoms with Crippen LogP contribution >= 0.6 is 11.3 Å². The van der Waals surface area contributed by atoms with Crippen LogP contribution in [-0.2, 0) is 11.3 Å². The van der Waals surface area contributed by atoms with Crippen molar-refractivity contribution in [2.75, 3.05) is 6.54 Å². The van der Waals surface area contributed by atoms with Gasteiger partial charge in [0, 0.05) is 23.7 Å². The standard InChI is InChI=1S/C16H20N4O2S/c1-11-6-7-14(21)20(18-11)9-15(22)19-8-4-3-5-13(19)16-17-12(2)10-23-16/h6-7,10,13H,3-5,8-9H2,1-2H3/t13-/m1/s1. The van der Waals surface area contributed by atoms with Crippen LogP contribution in [0.1, 0.15) is 41.7 Å². The Kier molecular flexibility index (Phi) is 4.56. The third kappa shape index (κ3) is 3.50. The van der Waals surface area contributed by atoms with E-state index in [1.165, 1.54) is 10.7 Å². The molecule has 0 spiro atoms. The fourth-order valence-corrected chi connectivity index (χ4v) is 3.84. The minimum atomic E-state index is -0.248. The van der Waals surface area contributed by atoms with Crippen molar-refractivity contribution in [3.05, 3.63) is 44.3 Å². The number of piperidine rings is 1. The highest BCUT2D eigenvalue weighted by molar-refractivity contribution is 7.09. The second kappa shape index (κ2) is 6.62. The van der Waals surface area contributed by atoms with Gasteiger partial charge in [-0.1, -0.05) is 0 Å². The summed E-state index contributed by atoms with van der Waals surface area (Å²) in [6.07, 6.45) is 3.01. The third-order valence-corrected chi connectivity index (χ3v) is 5.09. The Morgan fingerprint density at radius 3 is 2.87 bits per heavy atom. The lowest BCUT2D eigenvalue weighted by molar-refractivity contribution is -0.136. The van der Waals surface area contributed by atoms with Crippen LogP contribution in [0.2, 0.25) is 0 Å². The molecule has 0 aliphatic carbocycles. The van der Waals surface area contributed by atoms with E-state index >= 15 is 0 Å². The molecule has 1 fully saturated rings. The minimum Gasteiger partial charge on any atom is -0.332 e. The smallest absolute Gasteiger partial charge is 0.267 e. The van der Waals surface area contributed by atoms with Crippen molar-refractivity contribution in [2.45, 2.75) is 45.7 Å². The number of rotatable bonds is 3. The maximum atomic E-state index is 12.7. The molecule has 1 aliphatic rings. The predicted molar refractivity (Wildman–Crippen MR) is 88.4 cm³/mol. The molecule has 1 amide bonds. The van der Waals surface area contributed by atoms with Crippen molar-refractivity contribution in [1.82, 2.24) is 19.7 Å². The number of hydrogen-bond acceptors (Lipinski definition) is 5. The topological polar surface area (TPSA) is 68.1 Å². The summed E-state index contributed by atoms with van der Waals surface area (Å²) in [4.78, 5) is 31.0. The van der Waals surface area contributed by atoms with E-state index in [0.29, 0.717) is 6.54 Å². The van der Waals surface area contributed by atoms with Gasteiger partial charge in [0.15, 0.2) is 0 Å². The zero-order chi connectivity index (χ0) is 16.4. The van der Waals surface area contributed by atoms with Gasteiger partial charge in [0.25, 0.3) is 5.56 Å². The second-order valence-corrected chi connectivity index (χ2v) is 6.79. The van der Waals surface area contributed by atoms with Crippen LogP contribution in [0.25, 0.3) is 0 Å². The van der Waals surface area contributed by atoms with Crippen molar-refractivity contribution < 1.29 is 4.79 Å². The normalized spacial score (nSPS) is 18.2. The second-order valence-electron chi connectivity index (χ2n) is 5.90. The highest BCUT2D eigenvalue weighted by Gasteiger charge is 2.30. The first-order chi connectivity index (χ1) is 11.0. The van der Waals surface area contributed by atoms with Crippen molar-refractivity contribution >= 4 is 17.2 Å². The van der Waals surface area contributed by atoms with Crippen molar-refractivity contribution in [3.63, 3.8) is 0 Å². The average Bonchev–Trinajstić information content (AvgIpc) is 2.97. The van der Waals surface area contributed by atoms with Crippen LogP contribution in [0.4, 0.5) is 0 Å². The summed E-state index contributed by atoms with van der Waals surface area (Å²) in [6.45, 7) is 4.47. The van der Waals surface area contributed by atoms with Gasteiger partial charge in [-0.3, -0.25) is 9.59 Å². The molecule has 0 aromatic carbocycles. The lowest BCUT2D eigenvalue weighted by Crippen LogP contribution is -2.42. The molecule has 23 heavy (non-hydrogen) atoms. The Morgan fingerprint density at radius 1 is 1.30 bits per heavy atom. The number of hydrogen-bond donors (Lipinski definition) is 0. The monoisotopic (exact) mass is 332 g/mol. The predicted octanol–water partition coefficient (Wildman–Crippen LogP) is 2.07. The average molecular weight is 332 g/mol. The van der Waals surface area contributed by atoms with Crippen molar-refractivity contribution in [2.24, 2.45) is 0 Å². The van der Waals surface area contributed by atoms with E-state index in [4.69, 9.17) is 0 Å². The summed E-state index contributed by atoms with van der Waals surface area (Å²) >= 11 is 1.60. The highest BCUT2D eigenvalue weighted by atomic mass is 32.1.